The average Bonchev–Trinajstić information content (AvgIpc) is 2.78. The molecule has 0 amide bonds. The van der Waals surface area contributed by atoms with Crippen LogP contribution in [0, 0.1) is 6.92 Å². The number of benzene rings is 2. The van der Waals surface area contributed by atoms with Gasteiger partial charge in [-0.2, -0.15) is 5.10 Å². The molecule has 1 heterocycles. The number of nitrogens with two attached hydrogens (primary N) is 1. The van der Waals surface area contributed by atoms with Crippen molar-refractivity contribution in [3.05, 3.63) is 46.6 Å². The van der Waals surface area contributed by atoms with Gasteiger partial charge in [0, 0.05) is 6.54 Å². The second kappa shape index (κ2) is 5.41. The highest BCUT2D eigenvalue weighted by atomic mass is 79.9. The van der Waals surface area contributed by atoms with E-state index in [1.54, 1.807) is 4.68 Å². The third-order valence-electron chi connectivity index (χ3n) is 3.46. The standard InChI is InChI=1S/C16H16BrN3O/c1-3-20-16(15(18)10(2)19-20)21-13-9-8-11-6-4-5-7-12(11)14(13)17/h4-9H,3,18H2,1-2H3. The van der Waals surface area contributed by atoms with Crippen molar-refractivity contribution in [1.29, 1.82) is 0 Å². The summed E-state index contributed by atoms with van der Waals surface area (Å²) in [5.74, 6) is 1.32. The van der Waals surface area contributed by atoms with Crippen LogP contribution in [0.5, 0.6) is 11.6 Å². The number of halogens is 1. The van der Waals surface area contributed by atoms with Crippen LogP contribution in [-0.4, -0.2) is 9.78 Å². The number of anilines is 1. The number of hydrogen-bond acceptors (Lipinski definition) is 3. The molecule has 0 aliphatic rings. The van der Waals surface area contributed by atoms with Crippen LogP contribution >= 0.6 is 15.9 Å². The maximum atomic E-state index is 6.07. The van der Waals surface area contributed by atoms with Gasteiger partial charge in [0.25, 0.3) is 0 Å². The number of nitrogen functional groups attached to an aromatic ring is 1. The Morgan fingerprint density at radius 1 is 1.24 bits per heavy atom. The average molecular weight is 346 g/mol. The van der Waals surface area contributed by atoms with Gasteiger partial charge in [-0.05, 0) is 46.6 Å². The number of ether oxygens (including phenoxy) is 1. The molecule has 0 spiro atoms. The van der Waals surface area contributed by atoms with E-state index in [9.17, 15) is 0 Å². The number of rotatable bonds is 3. The fourth-order valence-corrected chi connectivity index (χ4v) is 2.87. The summed E-state index contributed by atoms with van der Waals surface area (Å²) in [4.78, 5) is 0. The molecule has 0 aliphatic carbocycles. The van der Waals surface area contributed by atoms with Crippen molar-refractivity contribution in [2.75, 3.05) is 5.73 Å². The van der Waals surface area contributed by atoms with Crippen molar-refractivity contribution in [1.82, 2.24) is 9.78 Å². The minimum Gasteiger partial charge on any atom is -0.436 e. The first kappa shape index (κ1) is 13.9. The summed E-state index contributed by atoms with van der Waals surface area (Å²) in [6.45, 7) is 4.59. The van der Waals surface area contributed by atoms with E-state index in [1.807, 2.05) is 38.1 Å². The van der Waals surface area contributed by atoms with Crippen LogP contribution in [0.1, 0.15) is 12.6 Å². The van der Waals surface area contributed by atoms with Crippen molar-refractivity contribution in [2.24, 2.45) is 0 Å². The number of aryl methyl sites for hydroxylation is 2. The zero-order chi connectivity index (χ0) is 15.0. The van der Waals surface area contributed by atoms with E-state index in [-0.39, 0.29) is 0 Å². The Morgan fingerprint density at radius 2 is 2.00 bits per heavy atom. The molecule has 3 aromatic rings. The van der Waals surface area contributed by atoms with Gasteiger partial charge in [-0.3, -0.25) is 0 Å². The molecule has 0 saturated heterocycles. The first-order valence-electron chi connectivity index (χ1n) is 6.79. The predicted octanol–water partition coefficient (Wildman–Crippen LogP) is 4.50. The summed E-state index contributed by atoms with van der Waals surface area (Å²) in [6.07, 6.45) is 0. The number of nitrogens with zero attached hydrogens (tertiary/aromatic N) is 2. The highest BCUT2D eigenvalue weighted by molar-refractivity contribution is 9.10. The molecule has 0 fully saturated rings. The van der Waals surface area contributed by atoms with Crippen LogP contribution < -0.4 is 10.5 Å². The largest absolute Gasteiger partial charge is 0.436 e. The van der Waals surface area contributed by atoms with E-state index in [2.05, 4.69) is 33.2 Å². The van der Waals surface area contributed by atoms with Crippen molar-refractivity contribution in [3.8, 4) is 11.6 Å². The second-order valence-electron chi connectivity index (χ2n) is 4.82. The summed E-state index contributed by atoms with van der Waals surface area (Å²) in [5, 5.41) is 6.63. The Kier molecular flexibility index (Phi) is 3.59. The van der Waals surface area contributed by atoms with Crippen LogP contribution in [0.15, 0.2) is 40.9 Å². The van der Waals surface area contributed by atoms with Gasteiger partial charge in [0.1, 0.15) is 11.4 Å². The van der Waals surface area contributed by atoms with Crippen molar-refractivity contribution in [2.45, 2.75) is 20.4 Å². The zero-order valence-corrected chi connectivity index (χ0v) is 13.5. The normalized spacial score (nSPS) is 11.0. The Morgan fingerprint density at radius 3 is 2.76 bits per heavy atom. The molecule has 0 saturated carbocycles. The molecule has 0 radical (unpaired) electrons. The topological polar surface area (TPSA) is 53.1 Å². The summed E-state index contributed by atoms with van der Waals surface area (Å²) in [6, 6.07) is 12.1. The highest BCUT2D eigenvalue weighted by Gasteiger charge is 2.16. The summed E-state index contributed by atoms with van der Waals surface area (Å²) >= 11 is 3.62. The first-order valence-corrected chi connectivity index (χ1v) is 7.59. The minimum atomic E-state index is 0.580. The molecule has 2 N–H and O–H groups in total. The molecular formula is C16H16BrN3O. The van der Waals surface area contributed by atoms with E-state index in [4.69, 9.17) is 10.5 Å². The third kappa shape index (κ3) is 2.38. The lowest BCUT2D eigenvalue weighted by atomic mass is 10.1. The van der Waals surface area contributed by atoms with Gasteiger partial charge < -0.3 is 10.5 Å². The van der Waals surface area contributed by atoms with E-state index in [1.165, 1.54) is 0 Å². The quantitative estimate of drug-likeness (QED) is 0.760. The Labute approximate surface area is 131 Å². The Bertz CT molecular complexity index is 811. The minimum absolute atomic E-state index is 0.580. The highest BCUT2D eigenvalue weighted by Crippen LogP contribution is 2.38. The van der Waals surface area contributed by atoms with E-state index >= 15 is 0 Å². The number of aromatic nitrogens is 2. The Balaban J connectivity index is 2.08. The van der Waals surface area contributed by atoms with Crippen molar-refractivity contribution < 1.29 is 4.74 Å². The first-order chi connectivity index (χ1) is 10.1. The molecule has 0 unspecified atom stereocenters. The van der Waals surface area contributed by atoms with E-state index in [0.29, 0.717) is 18.1 Å². The van der Waals surface area contributed by atoms with Crippen LogP contribution in [0.4, 0.5) is 5.69 Å². The molecular weight excluding hydrogens is 330 g/mol. The molecule has 2 aromatic carbocycles. The van der Waals surface area contributed by atoms with E-state index in [0.717, 1.165) is 26.7 Å². The third-order valence-corrected chi connectivity index (χ3v) is 4.28. The van der Waals surface area contributed by atoms with Gasteiger partial charge >= 0.3 is 0 Å². The molecule has 0 aliphatic heterocycles. The maximum Gasteiger partial charge on any atom is 0.241 e. The lowest BCUT2D eigenvalue weighted by molar-refractivity contribution is 0.417. The van der Waals surface area contributed by atoms with Crippen molar-refractivity contribution in [3.63, 3.8) is 0 Å². The van der Waals surface area contributed by atoms with Crippen LogP contribution in [0.25, 0.3) is 10.8 Å². The molecule has 108 valence electrons. The van der Waals surface area contributed by atoms with Crippen LogP contribution in [0.3, 0.4) is 0 Å². The van der Waals surface area contributed by atoms with Crippen LogP contribution in [0.2, 0.25) is 0 Å². The predicted molar refractivity (Wildman–Crippen MR) is 88.8 cm³/mol. The molecule has 0 atom stereocenters. The van der Waals surface area contributed by atoms with Gasteiger partial charge in [0.2, 0.25) is 5.88 Å². The molecule has 5 heteroatoms. The molecule has 0 bridgehead atoms. The monoisotopic (exact) mass is 345 g/mol. The Hall–Kier alpha value is -2.01. The fourth-order valence-electron chi connectivity index (χ4n) is 2.29. The number of fused-ring (bicyclic) bond motifs is 1. The molecule has 21 heavy (non-hydrogen) atoms. The maximum absolute atomic E-state index is 6.07. The molecule has 4 nitrogen and oxygen atoms in total. The summed E-state index contributed by atoms with van der Waals surface area (Å²) in [7, 11) is 0. The second-order valence-corrected chi connectivity index (χ2v) is 5.61. The summed E-state index contributed by atoms with van der Waals surface area (Å²) < 4.78 is 8.71. The van der Waals surface area contributed by atoms with Crippen molar-refractivity contribution >= 4 is 32.4 Å². The SMILES string of the molecule is CCn1nc(C)c(N)c1Oc1ccc2ccccc2c1Br. The molecule has 1 aromatic heterocycles. The number of hydrogen-bond donors (Lipinski definition) is 1. The van der Waals surface area contributed by atoms with Gasteiger partial charge in [0.15, 0.2) is 0 Å². The summed E-state index contributed by atoms with van der Waals surface area (Å²) in [5.41, 5.74) is 7.43. The lowest BCUT2D eigenvalue weighted by Gasteiger charge is -2.11. The van der Waals surface area contributed by atoms with Gasteiger partial charge in [-0.25, -0.2) is 4.68 Å². The van der Waals surface area contributed by atoms with Gasteiger partial charge in [-0.15, -0.1) is 0 Å². The van der Waals surface area contributed by atoms with Gasteiger partial charge in [0.05, 0.1) is 10.2 Å². The molecule has 3 rings (SSSR count). The zero-order valence-electron chi connectivity index (χ0n) is 11.9. The van der Waals surface area contributed by atoms with E-state index < -0.39 is 0 Å². The lowest BCUT2D eigenvalue weighted by Crippen LogP contribution is -2.01. The fraction of sp³-hybridized carbons (Fsp3) is 0.188. The van der Waals surface area contributed by atoms with Gasteiger partial charge in [-0.1, -0.05) is 30.3 Å². The smallest absolute Gasteiger partial charge is 0.241 e. The van der Waals surface area contributed by atoms with Crippen LogP contribution in [-0.2, 0) is 6.54 Å².